The van der Waals surface area contributed by atoms with Gasteiger partial charge in [0.1, 0.15) is 5.82 Å². The Bertz CT molecular complexity index is 337. The molecule has 0 aliphatic rings. The van der Waals surface area contributed by atoms with Crippen molar-refractivity contribution in [2.75, 3.05) is 11.9 Å². The Morgan fingerprint density at radius 2 is 1.93 bits per heavy atom. The molecular formula is C9H8ClF4N. The minimum absolute atomic E-state index is 0.0668. The first-order valence-corrected chi connectivity index (χ1v) is 4.52. The van der Waals surface area contributed by atoms with Gasteiger partial charge in [-0.05, 0) is 18.2 Å². The van der Waals surface area contributed by atoms with E-state index in [-0.39, 0.29) is 11.6 Å². The quantitative estimate of drug-likeness (QED) is 0.793. The molecule has 84 valence electrons. The molecule has 0 aliphatic carbocycles. The van der Waals surface area contributed by atoms with Crippen molar-refractivity contribution >= 4 is 17.3 Å². The Morgan fingerprint density at radius 3 is 2.47 bits per heavy atom. The predicted octanol–water partition coefficient (Wildman–Crippen LogP) is 3.84. The molecule has 0 radical (unpaired) electrons. The van der Waals surface area contributed by atoms with Crippen molar-refractivity contribution in [1.29, 1.82) is 0 Å². The van der Waals surface area contributed by atoms with Crippen LogP contribution in [0.4, 0.5) is 23.2 Å². The van der Waals surface area contributed by atoms with Gasteiger partial charge in [-0.25, -0.2) is 4.39 Å². The van der Waals surface area contributed by atoms with Crippen LogP contribution in [0.3, 0.4) is 0 Å². The van der Waals surface area contributed by atoms with Gasteiger partial charge in [-0.1, -0.05) is 11.6 Å². The summed E-state index contributed by atoms with van der Waals surface area (Å²) in [6.07, 6.45) is -5.17. The fourth-order valence-electron chi connectivity index (χ4n) is 0.972. The number of anilines is 1. The molecule has 0 unspecified atom stereocenters. The highest BCUT2D eigenvalue weighted by Crippen LogP contribution is 2.24. The van der Waals surface area contributed by atoms with Crippen LogP contribution in [0.5, 0.6) is 0 Å². The SMILES string of the molecule is Fc1ccc(NCCC(F)(F)F)c(Cl)c1. The second-order valence-corrected chi connectivity index (χ2v) is 3.32. The maximum Gasteiger partial charge on any atom is 0.390 e. The van der Waals surface area contributed by atoms with Gasteiger partial charge >= 0.3 is 6.18 Å². The molecule has 0 fully saturated rings. The van der Waals surface area contributed by atoms with Crippen LogP contribution in [-0.4, -0.2) is 12.7 Å². The summed E-state index contributed by atoms with van der Waals surface area (Å²) in [6, 6.07) is 3.47. The lowest BCUT2D eigenvalue weighted by Gasteiger charge is -2.10. The maximum atomic E-state index is 12.6. The summed E-state index contributed by atoms with van der Waals surface area (Å²) in [5.41, 5.74) is 0.294. The Balaban J connectivity index is 2.51. The number of benzene rings is 1. The normalized spacial score (nSPS) is 11.5. The topological polar surface area (TPSA) is 12.0 Å². The van der Waals surface area contributed by atoms with Gasteiger partial charge in [-0.3, -0.25) is 0 Å². The second-order valence-electron chi connectivity index (χ2n) is 2.92. The summed E-state index contributed by atoms with van der Waals surface area (Å²) in [4.78, 5) is 0. The highest BCUT2D eigenvalue weighted by atomic mass is 35.5. The molecule has 0 bridgehead atoms. The zero-order valence-corrected chi connectivity index (χ0v) is 8.29. The van der Waals surface area contributed by atoms with Crippen LogP contribution in [0, 0.1) is 5.82 Å². The van der Waals surface area contributed by atoms with Gasteiger partial charge in [0.2, 0.25) is 0 Å². The summed E-state index contributed by atoms with van der Waals surface area (Å²) in [6.45, 7) is -0.283. The Hall–Kier alpha value is -0.970. The molecule has 15 heavy (non-hydrogen) atoms. The monoisotopic (exact) mass is 241 g/mol. The van der Waals surface area contributed by atoms with Crippen molar-refractivity contribution in [3.63, 3.8) is 0 Å². The first-order valence-electron chi connectivity index (χ1n) is 4.14. The van der Waals surface area contributed by atoms with Crippen molar-refractivity contribution in [3.05, 3.63) is 29.0 Å². The van der Waals surface area contributed by atoms with Crippen molar-refractivity contribution in [2.24, 2.45) is 0 Å². The number of alkyl halides is 3. The molecule has 0 amide bonds. The predicted molar refractivity (Wildman–Crippen MR) is 50.6 cm³/mol. The molecular weight excluding hydrogens is 234 g/mol. The highest BCUT2D eigenvalue weighted by molar-refractivity contribution is 6.33. The van der Waals surface area contributed by atoms with Crippen LogP contribution in [0.2, 0.25) is 5.02 Å². The van der Waals surface area contributed by atoms with Gasteiger partial charge in [-0.15, -0.1) is 0 Å². The van der Waals surface area contributed by atoms with Gasteiger partial charge in [0.05, 0.1) is 17.1 Å². The molecule has 0 atom stereocenters. The molecule has 0 aromatic heterocycles. The molecule has 0 saturated carbocycles. The number of nitrogens with one attached hydrogen (secondary N) is 1. The Labute approximate surface area is 89.0 Å². The van der Waals surface area contributed by atoms with E-state index in [1.807, 2.05) is 0 Å². The third-order valence-corrected chi connectivity index (χ3v) is 1.97. The molecule has 6 heteroatoms. The fraction of sp³-hybridized carbons (Fsp3) is 0.333. The van der Waals surface area contributed by atoms with E-state index < -0.39 is 18.4 Å². The fourth-order valence-corrected chi connectivity index (χ4v) is 1.21. The van der Waals surface area contributed by atoms with Gasteiger partial charge in [0.25, 0.3) is 0 Å². The van der Waals surface area contributed by atoms with Crippen LogP contribution in [-0.2, 0) is 0 Å². The summed E-state index contributed by atoms with van der Waals surface area (Å²) >= 11 is 5.60. The van der Waals surface area contributed by atoms with Crippen LogP contribution < -0.4 is 5.32 Å². The summed E-state index contributed by atoms with van der Waals surface area (Å²) in [5.74, 6) is -0.527. The van der Waals surface area contributed by atoms with Gasteiger partial charge in [0, 0.05) is 6.54 Å². The average molecular weight is 242 g/mol. The number of rotatable bonds is 3. The van der Waals surface area contributed by atoms with E-state index in [2.05, 4.69) is 5.32 Å². The first-order chi connectivity index (χ1) is 6.88. The van der Waals surface area contributed by atoms with Crippen molar-refractivity contribution in [1.82, 2.24) is 0 Å². The van der Waals surface area contributed by atoms with E-state index in [0.717, 1.165) is 12.1 Å². The van der Waals surface area contributed by atoms with Crippen molar-refractivity contribution in [2.45, 2.75) is 12.6 Å². The minimum Gasteiger partial charge on any atom is -0.383 e. The Morgan fingerprint density at radius 1 is 1.27 bits per heavy atom. The smallest absolute Gasteiger partial charge is 0.383 e. The lowest BCUT2D eigenvalue weighted by atomic mass is 10.3. The number of hydrogen-bond acceptors (Lipinski definition) is 1. The van der Waals surface area contributed by atoms with Crippen molar-refractivity contribution < 1.29 is 17.6 Å². The van der Waals surface area contributed by atoms with E-state index in [1.165, 1.54) is 6.07 Å². The summed E-state index contributed by atoms with van der Waals surface area (Å²) < 4.78 is 47.9. The van der Waals surface area contributed by atoms with Crippen LogP contribution in [0.25, 0.3) is 0 Å². The van der Waals surface area contributed by atoms with Crippen molar-refractivity contribution in [3.8, 4) is 0 Å². The molecule has 0 aliphatic heterocycles. The lowest BCUT2D eigenvalue weighted by molar-refractivity contribution is -0.131. The zero-order valence-electron chi connectivity index (χ0n) is 7.54. The molecule has 1 aromatic rings. The van der Waals surface area contributed by atoms with E-state index in [4.69, 9.17) is 11.6 Å². The maximum absolute atomic E-state index is 12.6. The van der Waals surface area contributed by atoms with E-state index >= 15 is 0 Å². The first kappa shape index (κ1) is 12.1. The van der Waals surface area contributed by atoms with Crippen LogP contribution in [0.15, 0.2) is 18.2 Å². The average Bonchev–Trinajstić information content (AvgIpc) is 2.07. The van der Waals surface area contributed by atoms with Crippen LogP contribution >= 0.6 is 11.6 Å². The number of hydrogen-bond donors (Lipinski definition) is 1. The Kier molecular flexibility index (Phi) is 3.79. The highest BCUT2D eigenvalue weighted by Gasteiger charge is 2.26. The van der Waals surface area contributed by atoms with Crippen LogP contribution in [0.1, 0.15) is 6.42 Å². The molecule has 1 rings (SSSR count). The second kappa shape index (κ2) is 4.70. The third-order valence-electron chi connectivity index (χ3n) is 1.66. The standard InChI is InChI=1S/C9H8ClF4N/c10-7-5-6(11)1-2-8(7)15-4-3-9(12,13)14/h1-2,5,15H,3-4H2. The largest absolute Gasteiger partial charge is 0.390 e. The van der Waals surface area contributed by atoms with E-state index in [9.17, 15) is 17.6 Å². The van der Waals surface area contributed by atoms with Gasteiger partial charge < -0.3 is 5.32 Å². The minimum atomic E-state index is -4.21. The molecule has 1 nitrogen and oxygen atoms in total. The van der Waals surface area contributed by atoms with Gasteiger partial charge in [-0.2, -0.15) is 13.2 Å². The van der Waals surface area contributed by atoms with E-state index in [0.29, 0.717) is 5.69 Å². The van der Waals surface area contributed by atoms with Gasteiger partial charge in [0.15, 0.2) is 0 Å². The van der Waals surface area contributed by atoms with E-state index in [1.54, 1.807) is 0 Å². The molecule has 1 aromatic carbocycles. The molecule has 0 saturated heterocycles. The summed E-state index contributed by atoms with van der Waals surface area (Å²) in [5, 5.41) is 2.54. The zero-order chi connectivity index (χ0) is 11.5. The summed E-state index contributed by atoms with van der Waals surface area (Å²) in [7, 11) is 0. The molecule has 0 heterocycles. The third kappa shape index (κ3) is 4.38. The number of halogens is 5. The molecule has 1 N–H and O–H groups in total. The lowest BCUT2D eigenvalue weighted by Crippen LogP contribution is -2.14. The molecule has 0 spiro atoms.